The molecule has 6 rings (SSSR count). The topological polar surface area (TPSA) is 77.4 Å². The number of anilines is 1. The van der Waals surface area contributed by atoms with Gasteiger partial charge in [0.2, 0.25) is 5.91 Å². The van der Waals surface area contributed by atoms with E-state index in [9.17, 15) is 18.8 Å². The van der Waals surface area contributed by atoms with Crippen molar-refractivity contribution >= 4 is 40.7 Å². The Hall–Kier alpha value is -2.91. The van der Waals surface area contributed by atoms with E-state index in [-0.39, 0.29) is 29.1 Å². The first kappa shape index (κ1) is 24.4. The van der Waals surface area contributed by atoms with E-state index in [1.54, 1.807) is 47.5 Å². The molecule has 3 aromatic rings. The number of fused-ring (bicyclic) bond motifs is 6. The normalized spacial score (nSPS) is 25.4. The number of hydrogen-bond donors (Lipinski definition) is 1. The van der Waals surface area contributed by atoms with Crippen molar-refractivity contribution in [3.05, 3.63) is 80.0 Å². The molecule has 2 heterocycles. The Labute approximate surface area is 222 Å². The molecule has 2 saturated carbocycles. The average Bonchev–Trinajstić information content (AvgIpc) is 3.58. The molecule has 0 saturated heterocycles. The molecule has 1 aliphatic heterocycles. The van der Waals surface area contributed by atoms with Crippen LogP contribution in [0.2, 0.25) is 0 Å². The first-order valence-electron chi connectivity index (χ1n) is 12.7. The van der Waals surface area contributed by atoms with Gasteiger partial charge in [0.1, 0.15) is 12.4 Å². The minimum absolute atomic E-state index is 0.0505. The first-order chi connectivity index (χ1) is 17.9. The van der Waals surface area contributed by atoms with Gasteiger partial charge in [-0.15, -0.1) is 11.8 Å². The summed E-state index contributed by atoms with van der Waals surface area (Å²) in [5, 5.41) is 4.12. The Bertz CT molecular complexity index is 1400. The fraction of sp³-hybridized carbons (Fsp3) is 0.393. The van der Waals surface area contributed by atoms with E-state index >= 15 is 0 Å². The van der Waals surface area contributed by atoms with Crippen molar-refractivity contribution < 1.29 is 18.7 Å². The monoisotopic (exact) mass is 538 g/mol. The van der Waals surface area contributed by atoms with E-state index in [2.05, 4.69) is 5.32 Å². The highest BCUT2D eigenvalue weighted by Gasteiger charge is 2.55. The molecule has 0 unspecified atom stereocenters. The van der Waals surface area contributed by atoms with E-state index in [1.807, 2.05) is 12.1 Å². The number of carbonyl (C=O) groups excluding carboxylic acids is 2. The summed E-state index contributed by atoms with van der Waals surface area (Å²) in [5.74, 6) is 0.735. The predicted molar refractivity (Wildman–Crippen MR) is 142 cm³/mol. The molecule has 37 heavy (non-hydrogen) atoms. The molecule has 6 nitrogen and oxygen atoms in total. The molecule has 0 spiro atoms. The van der Waals surface area contributed by atoms with Crippen LogP contribution in [0, 0.1) is 23.6 Å². The van der Waals surface area contributed by atoms with Crippen LogP contribution in [-0.4, -0.2) is 28.3 Å². The van der Waals surface area contributed by atoms with Crippen LogP contribution >= 0.6 is 23.1 Å². The number of thioether (sulfide) groups is 1. The molecule has 192 valence electrons. The Morgan fingerprint density at radius 3 is 2.54 bits per heavy atom. The summed E-state index contributed by atoms with van der Waals surface area (Å²) in [7, 11) is 0. The predicted octanol–water partition coefficient (Wildman–Crippen LogP) is 5.52. The summed E-state index contributed by atoms with van der Waals surface area (Å²) in [4.78, 5) is 38.9. The van der Waals surface area contributed by atoms with Crippen molar-refractivity contribution in [1.29, 1.82) is 0 Å². The number of nitrogens with zero attached hydrogens (tertiary/aromatic N) is 1. The van der Waals surface area contributed by atoms with Crippen LogP contribution in [0.15, 0.2) is 58.4 Å². The van der Waals surface area contributed by atoms with E-state index in [4.69, 9.17) is 4.74 Å². The molecule has 2 fully saturated rings. The van der Waals surface area contributed by atoms with E-state index in [0.29, 0.717) is 40.9 Å². The number of rotatable bonds is 6. The summed E-state index contributed by atoms with van der Waals surface area (Å²) < 4.78 is 20.3. The summed E-state index contributed by atoms with van der Waals surface area (Å²) in [5.41, 5.74) is 2.00. The van der Waals surface area contributed by atoms with Gasteiger partial charge in [0.15, 0.2) is 0 Å². The molecule has 1 aromatic heterocycles. The fourth-order valence-electron chi connectivity index (χ4n) is 6.38. The zero-order chi connectivity index (χ0) is 25.7. The van der Waals surface area contributed by atoms with E-state index < -0.39 is 5.97 Å². The van der Waals surface area contributed by atoms with Gasteiger partial charge in [-0.3, -0.25) is 14.2 Å². The molecule has 5 atom stereocenters. The number of ether oxygens (including phenoxy) is 1. The molecular weight excluding hydrogens is 511 g/mol. The zero-order valence-corrected chi connectivity index (χ0v) is 21.9. The molecule has 2 bridgehead atoms. The zero-order valence-electron chi connectivity index (χ0n) is 20.3. The maximum Gasteiger partial charge on any atom is 0.338 e. The number of thiazole rings is 1. The summed E-state index contributed by atoms with van der Waals surface area (Å²) >= 11 is 2.99. The van der Waals surface area contributed by atoms with Crippen molar-refractivity contribution in [1.82, 2.24) is 4.57 Å². The van der Waals surface area contributed by atoms with Gasteiger partial charge in [-0.25, -0.2) is 9.18 Å². The van der Waals surface area contributed by atoms with Gasteiger partial charge in [0.25, 0.3) is 0 Å². The lowest BCUT2D eigenvalue weighted by molar-refractivity contribution is -0.116. The molecule has 0 radical (unpaired) electrons. The minimum Gasteiger partial charge on any atom is -0.462 e. The number of amides is 1. The van der Waals surface area contributed by atoms with Crippen LogP contribution < -0.4 is 10.2 Å². The largest absolute Gasteiger partial charge is 0.462 e. The molecule has 1 amide bonds. The van der Waals surface area contributed by atoms with Crippen molar-refractivity contribution in [2.45, 2.75) is 48.9 Å². The van der Waals surface area contributed by atoms with E-state index in [0.717, 1.165) is 15.5 Å². The van der Waals surface area contributed by atoms with Crippen LogP contribution in [0.25, 0.3) is 0 Å². The van der Waals surface area contributed by atoms with Gasteiger partial charge < -0.3 is 10.1 Å². The number of halogens is 1. The van der Waals surface area contributed by atoms with Gasteiger partial charge in [0, 0.05) is 21.7 Å². The molecule has 3 aliphatic rings. The number of esters is 1. The number of nitrogens with one attached hydrogen (secondary N) is 1. The second-order valence-corrected chi connectivity index (χ2v) is 12.2. The summed E-state index contributed by atoms with van der Waals surface area (Å²) in [6.07, 6.45) is 3.63. The highest BCUT2D eigenvalue weighted by Crippen LogP contribution is 2.64. The van der Waals surface area contributed by atoms with Crippen molar-refractivity contribution in [2.75, 3.05) is 11.9 Å². The first-order valence-corrected chi connectivity index (χ1v) is 14.3. The highest BCUT2D eigenvalue weighted by atomic mass is 32.2. The second-order valence-electron chi connectivity index (χ2n) is 9.99. The SMILES string of the molecule is CCOC(=O)c1ccc(NC(=O)Cn2c3c(sc2=O)[C@@H](c2ccc(F)cc2)[C@@H]2[C@H]4CC[C@@H](C4)[C@H]2S3)cc1. The molecular formula is C28H27FN2O4S2. The quantitative estimate of drug-likeness (QED) is 0.419. The lowest BCUT2D eigenvalue weighted by Crippen LogP contribution is -2.34. The van der Waals surface area contributed by atoms with Crippen LogP contribution in [0.5, 0.6) is 0 Å². The maximum atomic E-state index is 13.7. The average molecular weight is 539 g/mol. The molecule has 2 aliphatic carbocycles. The highest BCUT2D eigenvalue weighted by molar-refractivity contribution is 8.00. The standard InChI is InChI=1S/C28H27FN2O4S2/c1-2-35-27(33)16-7-11-20(12-8-16)30-21(32)14-31-26-25(37-28(31)34)22(15-5-9-19(29)10-6-15)23-17-3-4-18(13-17)24(23)36-26/h5-12,17-18,22-24H,2-4,13-14H2,1H3,(H,30,32)/t17-,18-,22-,23-,24+/m0/s1. The van der Waals surface area contributed by atoms with Crippen LogP contribution in [-0.2, 0) is 16.1 Å². The molecule has 2 aromatic carbocycles. The lowest BCUT2D eigenvalue weighted by atomic mass is 9.75. The number of hydrogen-bond acceptors (Lipinski definition) is 6. The third-order valence-corrected chi connectivity index (χ3v) is 10.7. The Morgan fingerprint density at radius 2 is 1.81 bits per heavy atom. The molecule has 9 heteroatoms. The van der Waals surface area contributed by atoms with Gasteiger partial charge in [-0.05, 0) is 85.9 Å². The maximum absolute atomic E-state index is 13.7. The number of benzene rings is 2. The van der Waals surface area contributed by atoms with Crippen LogP contribution in [0.4, 0.5) is 10.1 Å². The van der Waals surface area contributed by atoms with E-state index in [1.165, 1.54) is 42.7 Å². The smallest absolute Gasteiger partial charge is 0.338 e. The number of aromatic nitrogens is 1. The summed E-state index contributed by atoms with van der Waals surface area (Å²) in [6.45, 7) is 1.95. The number of carbonyl (C=O) groups is 2. The molecule has 1 N–H and O–H groups in total. The third-order valence-electron chi connectivity index (χ3n) is 7.90. The van der Waals surface area contributed by atoms with Crippen molar-refractivity contribution in [3.8, 4) is 0 Å². The van der Waals surface area contributed by atoms with Gasteiger partial charge in [-0.2, -0.15) is 0 Å². The lowest BCUT2D eigenvalue weighted by Gasteiger charge is -2.40. The Morgan fingerprint density at radius 1 is 1.08 bits per heavy atom. The van der Waals surface area contributed by atoms with Gasteiger partial charge in [0.05, 0.1) is 17.2 Å². The second kappa shape index (κ2) is 9.76. The van der Waals surface area contributed by atoms with Crippen molar-refractivity contribution in [2.24, 2.45) is 17.8 Å². The fourth-order valence-corrected chi connectivity index (χ4v) is 9.53. The van der Waals surface area contributed by atoms with Crippen LogP contribution in [0.1, 0.15) is 52.9 Å². The Balaban J connectivity index is 1.27. The van der Waals surface area contributed by atoms with Crippen molar-refractivity contribution in [3.63, 3.8) is 0 Å². The van der Waals surface area contributed by atoms with Gasteiger partial charge in [-0.1, -0.05) is 23.5 Å². The third kappa shape index (κ3) is 4.42. The minimum atomic E-state index is -0.413. The summed E-state index contributed by atoms with van der Waals surface area (Å²) in [6, 6.07) is 13.2. The van der Waals surface area contributed by atoms with Crippen LogP contribution in [0.3, 0.4) is 0 Å². The van der Waals surface area contributed by atoms with Gasteiger partial charge >= 0.3 is 10.8 Å². The Kier molecular flexibility index (Phi) is 6.44.